The van der Waals surface area contributed by atoms with Crippen LogP contribution in [0.4, 0.5) is 5.69 Å². The van der Waals surface area contributed by atoms with E-state index in [1.807, 2.05) is 42.5 Å². The number of methoxy groups -OCH3 is 2. The number of nitrogens with zero attached hydrogens (tertiary/aromatic N) is 1. The molecule has 2 fully saturated rings. The highest BCUT2D eigenvalue weighted by atomic mass is 35.5. The van der Waals surface area contributed by atoms with Gasteiger partial charge in [-0.1, -0.05) is 54.1 Å². The second-order valence-electron chi connectivity index (χ2n) is 9.01. The average molecular weight is 505 g/mol. The summed E-state index contributed by atoms with van der Waals surface area (Å²) < 4.78 is 10.5. The third kappa shape index (κ3) is 3.85. The Morgan fingerprint density at radius 2 is 1.61 bits per heavy atom. The van der Waals surface area contributed by atoms with Crippen LogP contribution >= 0.6 is 11.6 Å². The predicted molar refractivity (Wildman–Crippen MR) is 135 cm³/mol. The molecule has 3 aromatic rings. The fourth-order valence-electron chi connectivity index (χ4n) is 5.47. The normalized spacial score (nSPS) is 25.1. The van der Waals surface area contributed by atoms with Crippen molar-refractivity contribution in [2.24, 2.45) is 11.8 Å². The number of carbonyl (C=O) groups excluding carboxylic acids is 3. The van der Waals surface area contributed by atoms with Gasteiger partial charge < -0.3 is 9.47 Å². The molecular formula is C28H25ClN2O5. The Balaban J connectivity index is 1.66. The molecule has 4 atom stereocenters. The zero-order chi connectivity index (χ0) is 25.4. The Morgan fingerprint density at radius 3 is 2.22 bits per heavy atom. The summed E-state index contributed by atoms with van der Waals surface area (Å²) in [6.07, 6.45) is 0.182. The van der Waals surface area contributed by atoms with Gasteiger partial charge in [0.1, 0.15) is 11.3 Å². The Kier molecular flexibility index (Phi) is 6.28. The number of anilines is 1. The zero-order valence-corrected chi connectivity index (χ0v) is 20.6. The highest BCUT2D eigenvalue weighted by Crippen LogP contribution is 2.51. The molecule has 2 saturated heterocycles. The monoisotopic (exact) mass is 504 g/mol. The molecule has 36 heavy (non-hydrogen) atoms. The number of fused-ring (bicyclic) bond motifs is 1. The summed E-state index contributed by atoms with van der Waals surface area (Å²) in [5, 5.41) is 3.89. The number of rotatable bonds is 6. The van der Waals surface area contributed by atoms with Crippen molar-refractivity contribution in [2.75, 3.05) is 19.1 Å². The number of benzene rings is 3. The summed E-state index contributed by atoms with van der Waals surface area (Å²) in [5.41, 5.74) is 0.577. The number of esters is 1. The van der Waals surface area contributed by atoms with Crippen LogP contribution in [-0.2, 0) is 25.5 Å². The van der Waals surface area contributed by atoms with E-state index in [9.17, 15) is 14.4 Å². The van der Waals surface area contributed by atoms with E-state index in [-0.39, 0.29) is 12.3 Å². The standard InChI is InChI=1S/C28H25ClN2O5/c1-35-21-14-8-18(9-15-21)24-22-23(26(33)31(25(22)32)20-12-10-19(29)11-13-20)28(30-24,27(34)36-2)16-17-6-4-3-5-7-17/h3-15,22-24,30H,16H2,1-2H3/t22-,23+,24+,28+/m1/s1. The van der Waals surface area contributed by atoms with Gasteiger partial charge in [-0.2, -0.15) is 0 Å². The fourth-order valence-corrected chi connectivity index (χ4v) is 5.59. The number of halogens is 1. The molecule has 0 radical (unpaired) electrons. The topological polar surface area (TPSA) is 84.9 Å². The summed E-state index contributed by atoms with van der Waals surface area (Å²) in [6, 6.07) is 22.6. The van der Waals surface area contributed by atoms with Crippen LogP contribution in [-0.4, -0.2) is 37.5 Å². The Morgan fingerprint density at radius 1 is 0.944 bits per heavy atom. The first kappa shape index (κ1) is 24.0. The predicted octanol–water partition coefficient (Wildman–Crippen LogP) is 3.95. The molecule has 1 N–H and O–H groups in total. The smallest absolute Gasteiger partial charge is 0.327 e. The molecule has 2 amide bonds. The summed E-state index contributed by atoms with van der Waals surface area (Å²) in [5.74, 6) is -2.54. The Labute approximate surface area is 214 Å². The molecule has 184 valence electrons. The van der Waals surface area contributed by atoms with Gasteiger partial charge in [-0.15, -0.1) is 0 Å². The number of nitrogens with one attached hydrogen (secondary N) is 1. The average Bonchev–Trinajstić information content (AvgIpc) is 3.38. The minimum Gasteiger partial charge on any atom is -0.497 e. The number of amides is 2. The molecule has 0 spiro atoms. The van der Waals surface area contributed by atoms with Crippen LogP contribution in [0, 0.1) is 11.8 Å². The van der Waals surface area contributed by atoms with Crippen molar-refractivity contribution >= 4 is 35.1 Å². The van der Waals surface area contributed by atoms with Gasteiger partial charge in [-0.25, -0.2) is 4.90 Å². The lowest BCUT2D eigenvalue weighted by Gasteiger charge is -2.32. The fraction of sp³-hybridized carbons (Fsp3) is 0.250. The van der Waals surface area contributed by atoms with Crippen molar-refractivity contribution in [2.45, 2.75) is 18.0 Å². The summed E-state index contributed by atoms with van der Waals surface area (Å²) in [7, 11) is 2.87. The first-order valence-corrected chi connectivity index (χ1v) is 11.9. The molecule has 0 saturated carbocycles. The van der Waals surface area contributed by atoms with Crippen molar-refractivity contribution in [3.8, 4) is 5.75 Å². The molecular weight excluding hydrogens is 480 g/mol. The lowest BCUT2D eigenvalue weighted by Crippen LogP contribution is -2.57. The van der Waals surface area contributed by atoms with E-state index < -0.39 is 35.3 Å². The molecule has 8 heteroatoms. The number of hydrogen-bond donors (Lipinski definition) is 1. The van der Waals surface area contributed by atoms with E-state index in [0.717, 1.165) is 11.1 Å². The van der Waals surface area contributed by atoms with Crippen molar-refractivity contribution in [1.82, 2.24) is 5.32 Å². The highest BCUT2D eigenvalue weighted by molar-refractivity contribution is 6.31. The third-order valence-corrected chi connectivity index (χ3v) is 7.34. The van der Waals surface area contributed by atoms with E-state index in [4.69, 9.17) is 21.1 Å². The number of hydrogen-bond acceptors (Lipinski definition) is 6. The van der Waals surface area contributed by atoms with Gasteiger partial charge >= 0.3 is 5.97 Å². The maximum absolute atomic E-state index is 14.0. The molecule has 3 aromatic carbocycles. The SMILES string of the molecule is COC(=O)[C@@]1(Cc2ccccc2)N[C@@H](c2ccc(OC)cc2)[C@@H]2C(=O)N(c3ccc(Cl)cc3)C(=O)[C@H]21. The lowest BCUT2D eigenvalue weighted by molar-refractivity contribution is -0.152. The zero-order valence-electron chi connectivity index (χ0n) is 19.8. The first-order valence-electron chi connectivity index (χ1n) is 11.6. The molecule has 0 unspecified atom stereocenters. The van der Waals surface area contributed by atoms with Crippen LogP contribution in [0.3, 0.4) is 0 Å². The van der Waals surface area contributed by atoms with E-state index in [2.05, 4.69) is 5.32 Å². The summed E-state index contributed by atoms with van der Waals surface area (Å²) >= 11 is 6.04. The Bertz CT molecular complexity index is 1300. The van der Waals surface area contributed by atoms with Crippen molar-refractivity contribution in [3.05, 3.63) is 95.0 Å². The second kappa shape index (κ2) is 9.41. The maximum atomic E-state index is 14.0. The van der Waals surface area contributed by atoms with Crippen molar-refractivity contribution in [3.63, 3.8) is 0 Å². The van der Waals surface area contributed by atoms with Gasteiger partial charge in [-0.3, -0.25) is 19.7 Å². The minimum absolute atomic E-state index is 0.182. The maximum Gasteiger partial charge on any atom is 0.327 e. The van der Waals surface area contributed by atoms with Gasteiger partial charge in [0.2, 0.25) is 11.8 Å². The summed E-state index contributed by atoms with van der Waals surface area (Å²) in [6.45, 7) is 0. The van der Waals surface area contributed by atoms with Gasteiger partial charge in [0.15, 0.2) is 0 Å². The lowest BCUT2D eigenvalue weighted by atomic mass is 9.76. The van der Waals surface area contributed by atoms with Gasteiger partial charge in [-0.05, 0) is 47.5 Å². The molecule has 7 nitrogen and oxygen atoms in total. The van der Waals surface area contributed by atoms with Crippen LogP contribution in [0.25, 0.3) is 0 Å². The van der Waals surface area contributed by atoms with Gasteiger partial charge in [0.05, 0.1) is 31.7 Å². The van der Waals surface area contributed by atoms with E-state index in [1.165, 1.54) is 12.0 Å². The Hall–Kier alpha value is -3.68. The second-order valence-corrected chi connectivity index (χ2v) is 9.45. The number of carbonyl (C=O) groups is 3. The van der Waals surface area contributed by atoms with E-state index in [1.54, 1.807) is 43.5 Å². The minimum atomic E-state index is -1.45. The van der Waals surface area contributed by atoms with Crippen LogP contribution in [0.2, 0.25) is 5.02 Å². The third-order valence-electron chi connectivity index (χ3n) is 7.09. The molecule has 2 aliphatic heterocycles. The van der Waals surface area contributed by atoms with Crippen LogP contribution in [0.1, 0.15) is 17.2 Å². The first-order chi connectivity index (χ1) is 17.4. The molecule has 5 rings (SSSR count). The van der Waals surface area contributed by atoms with Gasteiger partial charge in [0, 0.05) is 17.5 Å². The molecule has 0 aromatic heterocycles. The van der Waals surface area contributed by atoms with Crippen molar-refractivity contribution < 1.29 is 23.9 Å². The molecule has 0 bridgehead atoms. The number of ether oxygens (including phenoxy) is 2. The molecule has 2 heterocycles. The summed E-state index contributed by atoms with van der Waals surface area (Å²) in [4.78, 5) is 42.6. The van der Waals surface area contributed by atoms with E-state index >= 15 is 0 Å². The highest BCUT2D eigenvalue weighted by Gasteiger charge is 2.68. The van der Waals surface area contributed by atoms with Crippen LogP contribution in [0.15, 0.2) is 78.9 Å². The molecule has 0 aliphatic carbocycles. The van der Waals surface area contributed by atoms with E-state index in [0.29, 0.717) is 16.5 Å². The van der Waals surface area contributed by atoms with Gasteiger partial charge in [0.25, 0.3) is 0 Å². The van der Waals surface area contributed by atoms with Crippen LogP contribution < -0.4 is 15.0 Å². The quantitative estimate of drug-likeness (QED) is 0.404. The number of imide groups is 1. The molecule has 2 aliphatic rings. The largest absolute Gasteiger partial charge is 0.497 e. The van der Waals surface area contributed by atoms with Crippen molar-refractivity contribution in [1.29, 1.82) is 0 Å². The van der Waals surface area contributed by atoms with Crippen LogP contribution in [0.5, 0.6) is 5.75 Å².